The van der Waals surface area contributed by atoms with E-state index in [0.29, 0.717) is 17.0 Å². The van der Waals surface area contributed by atoms with Crippen LogP contribution in [0.4, 0.5) is 15.1 Å². The number of esters is 1. The maximum absolute atomic E-state index is 13.6. The van der Waals surface area contributed by atoms with Crippen LogP contribution in [0.1, 0.15) is 46.3 Å². The van der Waals surface area contributed by atoms with Gasteiger partial charge in [-0.25, -0.2) is 4.79 Å². The number of hydrogen-bond acceptors (Lipinski definition) is 8. The van der Waals surface area contributed by atoms with Crippen molar-refractivity contribution < 1.29 is 28.1 Å². The van der Waals surface area contributed by atoms with Gasteiger partial charge in [0.25, 0.3) is 5.91 Å². The number of fused-ring (bicyclic) bond motifs is 1. The topological polar surface area (TPSA) is 135 Å². The summed E-state index contributed by atoms with van der Waals surface area (Å²) < 4.78 is 24.4. The van der Waals surface area contributed by atoms with Gasteiger partial charge in [0.2, 0.25) is 5.82 Å². The van der Waals surface area contributed by atoms with Crippen molar-refractivity contribution in [2.45, 2.75) is 32.6 Å². The second kappa shape index (κ2) is 10.5. The highest BCUT2D eigenvalue weighted by molar-refractivity contribution is 7.17. The number of benzene rings is 1. The van der Waals surface area contributed by atoms with E-state index in [0.717, 1.165) is 41.8 Å². The minimum Gasteiger partial charge on any atom is -0.462 e. The minimum absolute atomic E-state index is 0.139. The number of amides is 1. The summed E-state index contributed by atoms with van der Waals surface area (Å²) in [5, 5.41) is 23.6. The lowest BCUT2D eigenvalue weighted by Gasteiger charge is -2.12. The molecular weight excluding hydrogens is 489 g/mol. The minimum atomic E-state index is -0.976. The van der Waals surface area contributed by atoms with Gasteiger partial charge in [0.05, 0.1) is 17.1 Å². The summed E-state index contributed by atoms with van der Waals surface area (Å²) in [6, 6.07) is 8.11. The largest absolute Gasteiger partial charge is 0.462 e. The number of nitro benzene ring substituents is 1. The predicted octanol–water partition coefficient (Wildman–Crippen LogP) is 5.66. The van der Waals surface area contributed by atoms with Crippen molar-refractivity contribution in [1.29, 1.82) is 5.26 Å². The van der Waals surface area contributed by atoms with Crippen molar-refractivity contribution >= 4 is 40.0 Å². The molecule has 1 amide bonds. The van der Waals surface area contributed by atoms with Crippen LogP contribution in [0, 0.1) is 27.3 Å². The van der Waals surface area contributed by atoms with Gasteiger partial charge in [-0.05, 0) is 62.4 Å². The maximum Gasteiger partial charge on any atom is 0.341 e. The first-order valence-corrected chi connectivity index (χ1v) is 11.9. The van der Waals surface area contributed by atoms with Crippen molar-refractivity contribution in [1.82, 2.24) is 0 Å². The molecule has 4 rings (SSSR count). The Balaban J connectivity index is 1.60. The van der Waals surface area contributed by atoms with Crippen molar-refractivity contribution in [3.8, 4) is 17.4 Å². The fourth-order valence-electron chi connectivity index (χ4n) is 3.93. The highest BCUT2D eigenvalue weighted by atomic mass is 32.1. The Bertz CT molecular complexity index is 1430. The lowest BCUT2D eigenvalue weighted by Crippen LogP contribution is -2.16. The number of thiophene rings is 1. The van der Waals surface area contributed by atoms with Gasteiger partial charge in [0.1, 0.15) is 28.2 Å². The van der Waals surface area contributed by atoms with E-state index in [1.807, 2.05) is 6.07 Å². The highest BCUT2D eigenvalue weighted by Gasteiger charge is 2.28. The monoisotopic (exact) mass is 509 g/mol. The molecule has 1 N–H and O–H groups in total. The van der Waals surface area contributed by atoms with Crippen molar-refractivity contribution in [3.05, 3.63) is 73.6 Å². The summed E-state index contributed by atoms with van der Waals surface area (Å²) in [7, 11) is 0. The third kappa shape index (κ3) is 5.04. The van der Waals surface area contributed by atoms with Crippen LogP contribution in [-0.2, 0) is 22.4 Å². The zero-order valence-corrected chi connectivity index (χ0v) is 19.9. The predicted molar refractivity (Wildman–Crippen MR) is 130 cm³/mol. The first-order valence-electron chi connectivity index (χ1n) is 11.1. The molecule has 0 fully saturated rings. The molecule has 2 heterocycles. The molecule has 184 valence electrons. The molecule has 0 unspecified atom stereocenters. The number of nitro groups is 1. The molecule has 36 heavy (non-hydrogen) atoms. The summed E-state index contributed by atoms with van der Waals surface area (Å²) >= 11 is 1.31. The van der Waals surface area contributed by atoms with Crippen LogP contribution in [0.5, 0.6) is 0 Å². The van der Waals surface area contributed by atoms with E-state index in [4.69, 9.17) is 9.15 Å². The van der Waals surface area contributed by atoms with Crippen molar-refractivity contribution in [2.24, 2.45) is 0 Å². The second-order valence-corrected chi connectivity index (χ2v) is 8.99. The number of hydrogen-bond donors (Lipinski definition) is 1. The number of furan rings is 1. The number of carbonyl (C=O) groups excluding carboxylic acids is 2. The normalized spacial score (nSPS) is 13.0. The van der Waals surface area contributed by atoms with Crippen LogP contribution in [0.2, 0.25) is 0 Å². The van der Waals surface area contributed by atoms with E-state index < -0.39 is 28.3 Å². The summed E-state index contributed by atoms with van der Waals surface area (Å²) in [5.41, 5.74) is 0.497. The van der Waals surface area contributed by atoms with Gasteiger partial charge in [0, 0.05) is 22.6 Å². The number of nitrogens with one attached hydrogen (secondary N) is 1. The van der Waals surface area contributed by atoms with Crippen LogP contribution in [0.25, 0.3) is 17.4 Å². The Morgan fingerprint density at radius 2 is 2.08 bits per heavy atom. The molecule has 0 spiro atoms. The van der Waals surface area contributed by atoms with Crippen LogP contribution in [-0.4, -0.2) is 23.4 Å². The van der Waals surface area contributed by atoms with Gasteiger partial charge in [-0.3, -0.25) is 14.9 Å². The number of nitriles is 1. The van der Waals surface area contributed by atoms with E-state index >= 15 is 0 Å². The van der Waals surface area contributed by atoms with Crippen LogP contribution in [0.3, 0.4) is 0 Å². The average Bonchev–Trinajstić information content (AvgIpc) is 3.47. The maximum atomic E-state index is 13.6. The average molecular weight is 510 g/mol. The molecule has 0 radical (unpaired) electrons. The smallest absolute Gasteiger partial charge is 0.341 e. The van der Waals surface area contributed by atoms with E-state index in [-0.39, 0.29) is 29.3 Å². The SMILES string of the molecule is CCOC(=O)c1c(NC(=O)/C(C#N)=C/c2ccc(-c3ccc(F)c([N+](=O)[O-])c3)o2)sc2c1CCCC2. The zero-order chi connectivity index (χ0) is 25.8. The number of anilines is 1. The van der Waals surface area contributed by atoms with Gasteiger partial charge in [0.15, 0.2) is 0 Å². The summed E-state index contributed by atoms with van der Waals surface area (Å²) in [6.07, 6.45) is 4.66. The molecular formula is C25H20FN3O6S. The molecule has 1 aliphatic carbocycles. The van der Waals surface area contributed by atoms with Gasteiger partial charge in [-0.2, -0.15) is 9.65 Å². The van der Waals surface area contributed by atoms with E-state index in [1.165, 1.54) is 35.6 Å². The third-order valence-electron chi connectivity index (χ3n) is 5.58. The van der Waals surface area contributed by atoms with E-state index in [1.54, 1.807) is 6.92 Å². The fraction of sp³-hybridized carbons (Fsp3) is 0.240. The molecule has 0 atom stereocenters. The Morgan fingerprint density at radius 3 is 2.81 bits per heavy atom. The zero-order valence-electron chi connectivity index (χ0n) is 19.1. The molecule has 1 aromatic carbocycles. The van der Waals surface area contributed by atoms with Crippen LogP contribution < -0.4 is 5.32 Å². The second-order valence-electron chi connectivity index (χ2n) is 7.88. The number of ether oxygens (including phenoxy) is 1. The number of carbonyl (C=O) groups is 2. The Morgan fingerprint density at radius 1 is 1.31 bits per heavy atom. The Hall–Kier alpha value is -4.30. The van der Waals surface area contributed by atoms with Crippen LogP contribution >= 0.6 is 11.3 Å². The number of aryl methyl sites for hydroxylation is 1. The third-order valence-corrected chi connectivity index (χ3v) is 6.79. The van der Waals surface area contributed by atoms with E-state index in [9.17, 15) is 29.4 Å². The molecule has 1 aliphatic rings. The van der Waals surface area contributed by atoms with Crippen LogP contribution in [0.15, 0.2) is 40.3 Å². The standard InChI is InChI=1S/C25H20FN3O6S/c1-2-34-25(31)22-17-5-3-4-6-21(17)36-24(22)28-23(30)15(13-27)11-16-8-10-20(35-16)14-7-9-18(26)19(12-14)29(32)33/h7-12H,2-6H2,1H3,(H,28,30)/b15-11+. The summed E-state index contributed by atoms with van der Waals surface area (Å²) in [4.78, 5) is 36.7. The highest BCUT2D eigenvalue weighted by Crippen LogP contribution is 2.39. The summed E-state index contributed by atoms with van der Waals surface area (Å²) in [6.45, 7) is 1.89. The molecule has 0 saturated heterocycles. The Labute approximate surface area is 208 Å². The molecule has 0 saturated carbocycles. The summed E-state index contributed by atoms with van der Waals surface area (Å²) in [5.74, 6) is -1.88. The fourth-order valence-corrected chi connectivity index (χ4v) is 5.20. The lowest BCUT2D eigenvalue weighted by atomic mass is 9.95. The quantitative estimate of drug-likeness (QED) is 0.143. The number of nitrogens with zero attached hydrogens (tertiary/aromatic N) is 2. The lowest BCUT2D eigenvalue weighted by molar-refractivity contribution is -0.387. The molecule has 11 heteroatoms. The molecule has 0 bridgehead atoms. The molecule has 9 nitrogen and oxygen atoms in total. The van der Waals surface area contributed by atoms with Crippen molar-refractivity contribution in [2.75, 3.05) is 11.9 Å². The van der Waals surface area contributed by atoms with Gasteiger partial charge in [-0.15, -0.1) is 11.3 Å². The first-order chi connectivity index (χ1) is 17.3. The molecule has 0 aliphatic heterocycles. The molecule has 2 aromatic heterocycles. The van der Waals surface area contributed by atoms with Gasteiger partial charge < -0.3 is 14.5 Å². The van der Waals surface area contributed by atoms with Gasteiger partial charge >= 0.3 is 11.7 Å². The number of rotatable bonds is 7. The first kappa shape index (κ1) is 24.8. The number of halogens is 1. The Kier molecular flexibility index (Phi) is 7.26. The van der Waals surface area contributed by atoms with Gasteiger partial charge in [-0.1, -0.05) is 0 Å². The van der Waals surface area contributed by atoms with Crippen molar-refractivity contribution in [3.63, 3.8) is 0 Å². The van der Waals surface area contributed by atoms with E-state index in [2.05, 4.69) is 5.32 Å². The molecule has 3 aromatic rings.